The van der Waals surface area contributed by atoms with E-state index in [2.05, 4.69) is 24.9 Å². The summed E-state index contributed by atoms with van der Waals surface area (Å²) in [4.78, 5) is 2.37. The fourth-order valence-electron chi connectivity index (χ4n) is 2.89. The van der Waals surface area contributed by atoms with Crippen molar-refractivity contribution in [3.63, 3.8) is 0 Å². The van der Waals surface area contributed by atoms with E-state index in [-0.39, 0.29) is 0 Å². The highest BCUT2D eigenvalue weighted by molar-refractivity contribution is 6.66. The third kappa shape index (κ3) is 14.7. The number of nitrogens with zero attached hydrogens (tertiary/aromatic N) is 1. The largest absolute Gasteiger partial charge is 0.398 e. The van der Waals surface area contributed by atoms with E-state index >= 15 is 0 Å². The van der Waals surface area contributed by atoms with Crippen LogP contribution in [0.3, 0.4) is 0 Å². The molecule has 0 saturated heterocycles. The fourth-order valence-corrected chi connectivity index (χ4v) is 5.83. The average Bonchev–Trinajstić information content (AvgIpc) is 2.75. The zero-order chi connectivity index (χ0) is 22.0. The van der Waals surface area contributed by atoms with Crippen LogP contribution >= 0.6 is 0 Å². The van der Waals surface area contributed by atoms with E-state index in [1.807, 2.05) is 0 Å². The van der Waals surface area contributed by atoms with E-state index < -0.39 is 17.1 Å². The maximum Gasteiger partial charge on any atom is 0.334 e. The third-order valence-electron chi connectivity index (χ3n) is 5.62. The van der Waals surface area contributed by atoms with E-state index in [0.717, 1.165) is 83.8 Å². The van der Waals surface area contributed by atoms with Gasteiger partial charge in [0.15, 0.2) is 0 Å². The highest BCUT2D eigenvalue weighted by Gasteiger charge is 2.28. The molecule has 0 atom stereocenters. The van der Waals surface area contributed by atoms with Gasteiger partial charge in [0.05, 0.1) is 13.2 Å². The van der Waals surface area contributed by atoms with Crippen molar-refractivity contribution in [3.05, 3.63) is 0 Å². The molecule has 0 aliphatic rings. The number of ether oxygens (including phenoxy) is 2. The smallest absolute Gasteiger partial charge is 0.334 e. The van der Waals surface area contributed by atoms with Gasteiger partial charge in [-0.15, -0.1) is 0 Å². The molecule has 0 aliphatic carbocycles. The van der Waals surface area contributed by atoms with Gasteiger partial charge in [0, 0.05) is 54.7 Å². The van der Waals surface area contributed by atoms with Gasteiger partial charge in [-0.1, -0.05) is 6.92 Å². The summed E-state index contributed by atoms with van der Waals surface area (Å²) in [6.45, 7) is 12.5. The molecule has 0 aromatic rings. The van der Waals surface area contributed by atoms with Gasteiger partial charge >= 0.3 is 17.1 Å². The van der Waals surface area contributed by atoms with Crippen molar-refractivity contribution < 1.29 is 27.2 Å². The van der Waals surface area contributed by atoms with Gasteiger partial charge in [0.2, 0.25) is 0 Å². The number of likely N-dealkylation sites (N-methyl/N-ethyl adjacent to an activating group) is 1. The lowest BCUT2D eigenvalue weighted by atomic mass is 10.3. The Kier molecular flexibility index (Phi) is 17.9. The van der Waals surface area contributed by atoms with E-state index in [9.17, 15) is 0 Å². The topological polar surface area (TPSA) is 58.6 Å². The first kappa shape index (κ1) is 29.2. The van der Waals surface area contributed by atoms with Crippen LogP contribution in [0, 0.1) is 0 Å². The molecule has 0 rings (SSSR count). The summed E-state index contributed by atoms with van der Waals surface area (Å²) < 4.78 is 33.6. The Hall–Kier alpha value is 0.154. The monoisotopic (exact) mass is 453 g/mol. The van der Waals surface area contributed by atoms with Gasteiger partial charge in [-0.05, 0) is 57.4 Å². The van der Waals surface area contributed by atoms with Crippen molar-refractivity contribution in [2.45, 2.75) is 57.8 Å². The molecule has 0 aromatic heterocycles. The molecule has 0 saturated carbocycles. The van der Waals surface area contributed by atoms with Crippen LogP contribution in [0.2, 0.25) is 25.2 Å². The van der Waals surface area contributed by atoms with Crippen molar-refractivity contribution in [3.8, 4) is 0 Å². The minimum Gasteiger partial charge on any atom is -0.398 e. The van der Waals surface area contributed by atoms with Crippen LogP contribution in [0.4, 0.5) is 0 Å². The highest BCUT2D eigenvalue weighted by Crippen LogP contribution is 2.15. The Morgan fingerprint density at radius 2 is 0.966 bits per heavy atom. The predicted octanol–water partition coefficient (Wildman–Crippen LogP) is 3.63. The first-order chi connectivity index (χ1) is 13.9. The lowest BCUT2D eigenvalue weighted by Crippen LogP contribution is -2.35. The minimum atomic E-state index is -1.92. The van der Waals surface area contributed by atoms with Gasteiger partial charge in [-0.2, -0.15) is 0 Å². The summed E-state index contributed by atoms with van der Waals surface area (Å²) in [5.74, 6) is 0. The quantitative estimate of drug-likeness (QED) is 0.194. The Balaban J connectivity index is 3.61. The number of hydrogen-bond donors (Lipinski definition) is 0. The van der Waals surface area contributed by atoms with Crippen molar-refractivity contribution in [2.75, 3.05) is 74.5 Å². The third-order valence-corrected chi connectivity index (χ3v) is 11.6. The van der Waals surface area contributed by atoms with Crippen LogP contribution in [0.25, 0.3) is 0 Å². The van der Waals surface area contributed by atoms with Crippen LogP contribution in [0.5, 0.6) is 0 Å². The molecule has 176 valence electrons. The summed E-state index contributed by atoms with van der Waals surface area (Å²) in [7, 11) is 3.14. The molecule has 0 heterocycles. The van der Waals surface area contributed by atoms with E-state index in [1.165, 1.54) is 0 Å². The Morgan fingerprint density at radius 3 is 1.28 bits per heavy atom. The predicted molar refractivity (Wildman–Crippen MR) is 123 cm³/mol. The molecule has 7 nitrogen and oxygen atoms in total. The second-order valence-electron chi connectivity index (χ2n) is 7.66. The minimum absolute atomic E-state index is 0.772. The van der Waals surface area contributed by atoms with Gasteiger partial charge in [-0.3, -0.25) is 4.90 Å². The number of rotatable bonds is 21. The maximum atomic E-state index is 5.79. The Bertz CT molecular complexity index is 339. The van der Waals surface area contributed by atoms with Gasteiger partial charge in [0.1, 0.15) is 0 Å². The zero-order valence-corrected chi connectivity index (χ0v) is 22.1. The molecule has 0 unspecified atom stereocenters. The molecule has 0 bridgehead atoms. The second-order valence-corrected chi connectivity index (χ2v) is 14.8. The molecule has 0 fully saturated rings. The number of unbranched alkanes of at least 4 members (excludes halogenated alkanes) is 2. The summed E-state index contributed by atoms with van der Waals surface area (Å²) in [5, 5.41) is 0. The summed E-state index contributed by atoms with van der Waals surface area (Å²) >= 11 is 0. The summed E-state index contributed by atoms with van der Waals surface area (Å²) in [6, 6.07) is 2.03. The van der Waals surface area contributed by atoms with Crippen LogP contribution in [0.1, 0.15) is 32.6 Å². The molecule has 0 N–H and O–H groups in total. The van der Waals surface area contributed by atoms with E-state index in [4.69, 9.17) is 27.2 Å². The fraction of sp³-hybridized carbons (Fsp3) is 1.00. The lowest BCUT2D eigenvalue weighted by molar-refractivity contribution is 0.0745. The number of hydrogen-bond acceptors (Lipinski definition) is 7. The van der Waals surface area contributed by atoms with Crippen LogP contribution in [0.15, 0.2) is 0 Å². The van der Waals surface area contributed by atoms with Gasteiger partial charge in [0.25, 0.3) is 0 Å². The van der Waals surface area contributed by atoms with Crippen LogP contribution in [-0.4, -0.2) is 96.5 Å². The molecule has 0 aliphatic heterocycles. The molecule has 0 spiro atoms. The van der Waals surface area contributed by atoms with E-state index in [0.29, 0.717) is 0 Å². The van der Waals surface area contributed by atoms with Gasteiger partial charge in [-0.25, -0.2) is 0 Å². The molecule has 0 aromatic carbocycles. The molecular weight excluding hydrogens is 406 g/mol. The Morgan fingerprint density at radius 1 is 0.586 bits per heavy atom. The summed E-state index contributed by atoms with van der Waals surface area (Å²) in [5.41, 5.74) is 0. The van der Waals surface area contributed by atoms with Crippen molar-refractivity contribution in [1.29, 1.82) is 0 Å². The molecule has 0 radical (unpaired) electrons. The zero-order valence-electron chi connectivity index (χ0n) is 20.1. The maximum absolute atomic E-state index is 5.79. The standard InChI is InChI=1S/C20H47NO6Si2/c1-8-21(13-17-26-15-9-11-19-28(6,22-2)23-3)14-18-27-16-10-12-20-29(7,24-4)25-5/h8-20H2,1-7H3. The molecule has 0 amide bonds. The van der Waals surface area contributed by atoms with Gasteiger partial charge < -0.3 is 27.2 Å². The highest BCUT2D eigenvalue weighted by atomic mass is 28.4. The summed E-state index contributed by atoms with van der Waals surface area (Å²) in [6.07, 6.45) is 4.29. The first-order valence-electron chi connectivity index (χ1n) is 11.0. The molecule has 29 heavy (non-hydrogen) atoms. The molecule has 9 heteroatoms. The van der Waals surface area contributed by atoms with E-state index in [1.54, 1.807) is 28.4 Å². The lowest BCUT2D eigenvalue weighted by Gasteiger charge is -2.23. The normalized spacial score (nSPS) is 12.8. The molecular formula is C20H47NO6Si2. The van der Waals surface area contributed by atoms with Crippen molar-refractivity contribution in [1.82, 2.24) is 4.90 Å². The van der Waals surface area contributed by atoms with Crippen molar-refractivity contribution in [2.24, 2.45) is 0 Å². The Labute approximate surface area is 181 Å². The van der Waals surface area contributed by atoms with Crippen LogP contribution in [-0.2, 0) is 27.2 Å². The van der Waals surface area contributed by atoms with Crippen molar-refractivity contribution >= 4 is 17.1 Å². The average molecular weight is 454 g/mol. The second kappa shape index (κ2) is 17.8. The first-order valence-corrected chi connectivity index (χ1v) is 16.0. The SMILES string of the molecule is CCN(CCOCCCC[Si](C)(OC)OC)CCOCCCC[Si](C)(OC)OC. The van der Waals surface area contributed by atoms with Crippen LogP contribution < -0.4 is 0 Å².